The molecule has 2 N–H and O–H groups in total. The van der Waals surface area contributed by atoms with E-state index in [2.05, 4.69) is 27.4 Å². The van der Waals surface area contributed by atoms with E-state index >= 15 is 0 Å². The van der Waals surface area contributed by atoms with Gasteiger partial charge in [0, 0.05) is 39.4 Å². The Labute approximate surface area is 159 Å². The van der Waals surface area contributed by atoms with Gasteiger partial charge in [0.05, 0.1) is 5.69 Å². The Hall–Kier alpha value is -2.74. The van der Waals surface area contributed by atoms with Crippen molar-refractivity contribution in [1.29, 1.82) is 0 Å². The molecule has 0 aromatic carbocycles. The molecule has 3 aromatic rings. The minimum atomic E-state index is 0.752. The predicted molar refractivity (Wildman–Crippen MR) is 108 cm³/mol. The highest BCUT2D eigenvalue weighted by Gasteiger charge is 2.21. The van der Waals surface area contributed by atoms with E-state index < -0.39 is 0 Å². The monoisotopic (exact) mass is 366 g/mol. The van der Waals surface area contributed by atoms with E-state index in [4.69, 9.17) is 15.1 Å². The second-order valence-corrected chi connectivity index (χ2v) is 6.97. The first-order valence-corrected chi connectivity index (χ1v) is 9.54. The smallest absolute Gasteiger partial charge is 0.228 e. The van der Waals surface area contributed by atoms with Crippen molar-refractivity contribution in [3.8, 4) is 0 Å². The number of hydrogen-bond donors (Lipinski definition) is 2. The van der Waals surface area contributed by atoms with Crippen LogP contribution in [0, 0.1) is 6.92 Å². The van der Waals surface area contributed by atoms with E-state index in [-0.39, 0.29) is 0 Å². The molecule has 27 heavy (non-hydrogen) atoms. The first-order chi connectivity index (χ1) is 13.2. The lowest BCUT2D eigenvalue weighted by Crippen LogP contribution is -2.44. The number of anilines is 3. The number of nitrogens with one attached hydrogen (secondary N) is 2. The van der Waals surface area contributed by atoms with Crippen LogP contribution < -0.4 is 15.5 Å². The van der Waals surface area contributed by atoms with Gasteiger partial charge in [0.2, 0.25) is 5.95 Å². The fourth-order valence-electron chi connectivity index (χ4n) is 3.39. The lowest BCUT2D eigenvalue weighted by Gasteiger charge is -2.27. The Morgan fingerprint density at radius 1 is 1.19 bits per heavy atom. The second kappa shape index (κ2) is 7.48. The van der Waals surface area contributed by atoms with Crippen molar-refractivity contribution in [1.82, 2.24) is 30.0 Å². The summed E-state index contributed by atoms with van der Waals surface area (Å²) in [6.07, 6.45) is 3.78. The summed E-state index contributed by atoms with van der Waals surface area (Å²) in [7, 11) is 1.95. The maximum absolute atomic E-state index is 4.90. The van der Waals surface area contributed by atoms with Crippen LogP contribution in [0.4, 0.5) is 17.6 Å². The van der Waals surface area contributed by atoms with Crippen molar-refractivity contribution in [3.05, 3.63) is 29.6 Å². The molecule has 0 atom stereocenters. The van der Waals surface area contributed by atoms with Crippen LogP contribution in [0.25, 0.3) is 11.0 Å². The molecule has 8 heteroatoms. The van der Waals surface area contributed by atoms with Crippen molar-refractivity contribution in [2.45, 2.75) is 26.7 Å². The minimum Gasteiger partial charge on any atom is -0.338 e. The van der Waals surface area contributed by atoms with Gasteiger partial charge in [-0.2, -0.15) is 10.1 Å². The van der Waals surface area contributed by atoms with E-state index in [9.17, 15) is 0 Å². The number of nitrogens with zero attached hydrogens (tertiary/aromatic N) is 6. The van der Waals surface area contributed by atoms with Crippen molar-refractivity contribution in [2.75, 3.05) is 36.4 Å². The van der Waals surface area contributed by atoms with Gasteiger partial charge in [-0.05, 0) is 25.0 Å². The number of piperazine rings is 1. The average Bonchev–Trinajstić information content (AvgIpc) is 3.00. The third kappa shape index (κ3) is 3.57. The van der Waals surface area contributed by atoms with Gasteiger partial charge < -0.3 is 15.5 Å². The molecule has 0 saturated carbocycles. The van der Waals surface area contributed by atoms with Crippen LogP contribution in [-0.2, 0) is 13.5 Å². The van der Waals surface area contributed by atoms with E-state index in [0.29, 0.717) is 0 Å². The molecular weight excluding hydrogens is 340 g/mol. The van der Waals surface area contributed by atoms with Crippen molar-refractivity contribution < 1.29 is 0 Å². The minimum absolute atomic E-state index is 0.752. The van der Waals surface area contributed by atoms with Gasteiger partial charge in [0.25, 0.3) is 0 Å². The molecular formula is C19H26N8. The molecule has 142 valence electrons. The number of hydrogen-bond acceptors (Lipinski definition) is 7. The molecule has 1 aliphatic rings. The molecule has 0 spiro atoms. The van der Waals surface area contributed by atoms with Crippen molar-refractivity contribution in [2.24, 2.45) is 7.05 Å². The van der Waals surface area contributed by atoms with Gasteiger partial charge in [-0.25, -0.2) is 9.97 Å². The zero-order chi connectivity index (χ0) is 18.8. The summed E-state index contributed by atoms with van der Waals surface area (Å²) in [6.45, 7) is 7.87. The van der Waals surface area contributed by atoms with Crippen LogP contribution in [-0.4, -0.2) is 50.9 Å². The van der Waals surface area contributed by atoms with E-state index in [1.807, 2.05) is 37.0 Å². The molecule has 1 fully saturated rings. The Kier molecular flexibility index (Phi) is 4.89. The standard InChI is InChI=1S/C19H26N8/c1-4-5-14-16-17(26(3)25-14)18(22-15-7-6-13(2)12-21-15)24-19(23-16)27-10-8-20-9-11-27/h6-7,12,20H,4-5,8-11H2,1-3H3,(H,21,22,23,24). The van der Waals surface area contributed by atoms with E-state index in [1.165, 1.54) is 0 Å². The second-order valence-electron chi connectivity index (χ2n) is 6.97. The van der Waals surface area contributed by atoms with Gasteiger partial charge in [-0.15, -0.1) is 0 Å². The van der Waals surface area contributed by atoms with Crippen LogP contribution >= 0.6 is 0 Å². The third-order valence-electron chi connectivity index (χ3n) is 4.78. The fourth-order valence-corrected chi connectivity index (χ4v) is 3.39. The maximum Gasteiger partial charge on any atom is 0.228 e. The van der Waals surface area contributed by atoms with Crippen LogP contribution in [0.5, 0.6) is 0 Å². The summed E-state index contributed by atoms with van der Waals surface area (Å²) in [5.74, 6) is 2.27. The quantitative estimate of drug-likeness (QED) is 0.716. The summed E-state index contributed by atoms with van der Waals surface area (Å²) in [5, 5.41) is 11.5. The highest BCUT2D eigenvalue weighted by molar-refractivity contribution is 5.90. The van der Waals surface area contributed by atoms with Gasteiger partial charge in [0.15, 0.2) is 5.82 Å². The summed E-state index contributed by atoms with van der Waals surface area (Å²) in [6, 6.07) is 4.01. The molecule has 0 amide bonds. The highest BCUT2D eigenvalue weighted by atomic mass is 15.3. The Morgan fingerprint density at radius 3 is 2.70 bits per heavy atom. The maximum atomic E-state index is 4.90. The van der Waals surface area contributed by atoms with Crippen LogP contribution in [0.3, 0.4) is 0 Å². The Morgan fingerprint density at radius 2 is 2.00 bits per heavy atom. The van der Waals surface area contributed by atoms with Crippen molar-refractivity contribution in [3.63, 3.8) is 0 Å². The van der Waals surface area contributed by atoms with Gasteiger partial charge in [-0.1, -0.05) is 19.4 Å². The van der Waals surface area contributed by atoms with Gasteiger partial charge in [-0.3, -0.25) is 4.68 Å². The number of pyridine rings is 1. The molecule has 3 aromatic heterocycles. The molecule has 4 heterocycles. The molecule has 0 bridgehead atoms. The fraction of sp³-hybridized carbons (Fsp3) is 0.474. The number of rotatable bonds is 5. The van der Waals surface area contributed by atoms with Crippen LogP contribution in [0.15, 0.2) is 18.3 Å². The topological polar surface area (TPSA) is 83.8 Å². The first-order valence-electron chi connectivity index (χ1n) is 9.54. The molecule has 8 nitrogen and oxygen atoms in total. The zero-order valence-electron chi connectivity index (χ0n) is 16.2. The molecule has 0 unspecified atom stereocenters. The molecule has 0 radical (unpaired) electrons. The van der Waals surface area contributed by atoms with E-state index in [1.54, 1.807) is 0 Å². The molecule has 1 saturated heterocycles. The molecule has 0 aliphatic carbocycles. The first kappa shape index (κ1) is 17.7. The summed E-state index contributed by atoms with van der Waals surface area (Å²) < 4.78 is 1.87. The SMILES string of the molecule is CCCc1nn(C)c2c(Nc3ccc(C)cn3)nc(N3CCNCC3)nc12. The number of fused-ring (bicyclic) bond motifs is 1. The Balaban J connectivity index is 1.82. The Bertz CT molecular complexity index is 925. The third-order valence-corrected chi connectivity index (χ3v) is 4.78. The average molecular weight is 366 g/mol. The number of aryl methyl sites for hydroxylation is 3. The largest absolute Gasteiger partial charge is 0.338 e. The van der Waals surface area contributed by atoms with Crippen LogP contribution in [0.2, 0.25) is 0 Å². The summed E-state index contributed by atoms with van der Waals surface area (Å²) >= 11 is 0. The number of aromatic nitrogens is 5. The summed E-state index contributed by atoms with van der Waals surface area (Å²) in [5.41, 5.74) is 3.99. The van der Waals surface area contributed by atoms with Gasteiger partial charge >= 0.3 is 0 Å². The lowest BCUT2D eigenvalue weighted by molar-refractivity contribution is 0.580. The van der Waals surface area contributed by atoms with E-state index in [0.717, 1.165) is 78.9 Å². The van der Waals surface area contributed by atoms with Crippen molar-refractivity contribution >= 4 is 28.6 Å². The normalized spacial score (nSPS) is 14.7. The highest BCUT2D eigenvalue weighted by Crippen LogP contribution is 2.28. The summed E-state index contributed by atoms with van der Waals surface area (Å²) in [4.78, 5) is 16.4. The van der Waals surface area contributed by atoms with Crippen LogP contribution in [0.1, 0.15) is 24.6 Å². The van der Waals surface area contributed by atoms with Gasteiger partial charge in [0.1, 0.15) is 16.9 Å². The zero-order valence-corrected chi connectivity index (χ0v) is 16.2. The molecule has 1 aliphatic heterocycles. The molecule has 4 rings (SSSR count). The lowest BCUT2D eigenvalue weighted by atomic mass is 10.2. The predicted octanol–water partition coefficient (Wildman–Crippen LogP) is 2.17.